The summed E-state index contributed by atoms with van der Waals surface area (Å²) in [4.78, 5) is 21.6. The molecule has 4 heteroatoms. The van der Waals surface area contributed by atoms with Gasteiger partial charge in [0.25, 0.3) is 0 Å². The third-order valence-electron chi connectivity index (χ3n) is 1.27. The summed E-state index contributed by atoms with van der Waals surface area (Å²) in [5.41, 5.74) is 0. The first kappa shape index (κ1) is 10.5. The second kappa shape index (κ2) is 5.18. The van der Waals surface area contributed by atoms with Gasteiger partial charge in [-0.05, 0) is 12.7 Å². The molecule has 0 heterocycles. The Balaban J connectivity index is 3.94. The molecule has 0 aliphatic rings. The van der Waals surface area contributed by atoms with Crippen molar-refractivity contribution in [3.63, 3.8) is 0 Å². The maximum Gasteiger partial charge on any atom is 0.217 e. The lowest BCUT2D eigenvalue weighted by Crippen LogP contribution is -2.37. The molecule has 0 bridgehead atoms. The fourth-order valence-corrected chi connectivity index (χ4v) is 1.23. The van der Waals surface area contributed by atoms with Crippen molar-refractivity contribution in [2.75, 3.05) is 6.26 Å². The Morgan fingerprint density at radius 1 is 1.55 bits per heavy atom. The number of carbonyl (C=O) groups excluding carboxylic acids is 2. The van der Waals surface area contributed by atoms with Crippen LogP contribution >= 0.6 is 11.8 Å². The Labute approximate surface area is 70.9 Å². The molecular formula is C7H13NO2S. The second-order valence-corrected chi connectivity index (χ2v) is 3.00. The van der Waals surface area contributed by atoms with Gasteiger partial charge in [-0.25, -0.2) is 0 Å². The van der Waals surface area contributed by atoms with Crippen molar-refractivity contribution in [2.45, 2.75) is 26.3 Å². The summed E-state index contributed by atoms with van der Waals surface area (Å²) in [6, 6.07) is -0.317. The van der Waals surface area contributed by atoms with Crippen LogP contribution in [0.3, 0.4) is 0 Å². The molecule has 0 saturated heterocycles. The van der Waals surface area contributed by atoms with Crippen LogP contribution in [0, 0.1) is 0 Å². The largest absolute Gasteiger partial charge is 0.346 e. The Morgan fingerprint density at radius 3 is 2.36 bits per heavy atom. The smallest absolute Gasteiger partial charge is 0.217 e. The topological polar surface area (TPSA) is 46.2 Å². The van der Waals surface area contributed by atoms with Crippen LogP contribution in [0.4, 0.5) is 0 Å². The van der Waals surface area contributed by atoms with Crippen molar-refractivity contribution < 1.29 is 9.59 Å². The third kappa shape index (κ3) is 4.03. The SMILES string of the molecule is CCC(NC(C)=O)C(=O)SC. The molecular weight excluding hydrogens is 162 g/mol. The van der Waals surface area contributed by atoms with Gasteiger partial charge in [0.1, 0.15) is 0 Å². The van der Waals surface area contributed by atoms with Crippen LogP contribution in [-0.2, 0) is 9.59 Å². The number of rotatable bonds is 3. The lowest BCUT2D eigenvalue weighted by molar-refractivity contribution is -0.123. The minimum absolute atomic E-state index is 0.0164. The van der Waals surface area contributed by atoms with Crippen LogP contribution in [0.1, 0.15) is 20.3 Å². The maximum atomic E-state index is 11.0. The number of nitrogens with one attached hydrogen (secondary N) is 1. The molecule has 0 fully saturated rings. The average Bonchev–Trinajstić information content (AvgIpc) is 1.98. The first-order chi connectivity index (χ1) is 5.11. The molecule has 3 nitrogen and oxygen atoms in total. The molecule has 1 amide bonds. The molecule has 1 N–H and O–H groups in total. The van der Waals surface area contributed by atoms with Crippen molar-refractivity contribution in [1.29, 1.82) is 0 Å². The Morgan fingerprint density at radius 2 is 2.09 bits per heavy atom. The molecule has 0 aromatic heterocycles. The highest BCUT2D eigenvalue weighted by Crippen LogP contribution is 2.03. The molecule has 0 aromatic carbocycles. The van der Waals surface area contributed by atoms with Gasteiger partial charge in [0, 0.05) is 6.92 Å². The normalized spacial score (nSPS) is 12.3. The molecule has 0 aromatic rings. The molecule has 0 radical (unpaired) electrons. The van der Waals surface area contributed by atoms with E-state index in [-0.39, 0.29) is 17.1 Å². The van der Waals surface area contributed by atoms with Gasteiger partial charge >= 0.3 is 0 Å². The van der Waals surface area contributed by atoms with Gasteiger partial charge in [-0.15, -0.1) is 0 Å². The monoisotopic (exact) mass is 175 g/mol. The van der Waals surface area contributed by atoms with E-state index in [4.69, 9.17) is 0 Å². The van der Waals surface area contributed by atoms with E-state index in [2.05, 4.69) is 5.32 Å². The van der Waals surface area contributed by atoms with E-state index in [1.165, 1.54) is 6.92 Å². The van der Waals surface area contributed by atoms with E-state index >= 15 is 0 Å². The van der Waals surface area contributed by atoms with Gasteiger partial charge in [-0.3, -0.25) is 9.59 Å². The molecule has 1 atom stereocenters. The number of amides is 1. The van der Waals surface area contributed by atoms with Gasteiger partial charge < -0.3 is 5.32 Å². The molecule has 64 valence electrons. The van der Waals surface area contributed by atoms with Gasteiger partial charge in [-0.1, -0.05) is 18.7 Å². The van der Waals surface area contributed by atoms with Crippen molar-refractivity contribution in [1.82, 2.24) is 5.32 Å². The minimum atomic E-state index is -0.317. The number of hydrogen-bond donors (Lipinski definition) is 1. The van der Waals surface area contributed by atoms with Crippen LogP contribution in [0.25, 0.3) is 0 Å². The van der Waals surface area contributed by atoms with E-state index in [1.807, 2.05) is 6.92 Å². The van der Waals surface area contributed by atoms with Crippen LogP contribution in [0.2, 0.25) is 0 Å². The van der Waals surface area contributed by atoms with E-state index in [0.29, 0.717) is 6.42 Å². The minimum Gasteiger partial charge on any atom is -0.346 e. The summed E-state index contributed by atoms with van der Waals surface area (Å²) in [5.74, 6) is -0.153. The first-order valence-corrected chi connectivity index (χ1v) is 4.69. The van der Waals surface area contributed by atoms with Crippen molar-refractivity contribution in [3.05, 3.63) is 0 Å². The summed E-state index contributed by atoms with van der Waals surface area (Å²) < 4.78 is 0. The van der Waals surface area contributed by atoms with Gasteiger partial charge in [0.15, 0.2) is 0 Å². The third-order valence-corrected chi connectivity index (χ3v) is 1.96. The lowest BCUT2D eigenvalue weighted by atomic mass is 10.2. The molecule has 0 aliphatic heterocycles. The zero-order valence-corrected chi connectivity index (χ0v) is 7.83. The summed E-state index contributed by atoms with van der Waals surface area (Å²) in [7, 11) is 0. The predicted molar refractivity (Wildman–Crippen MR) is 46.4 cm³/mol. The van der Waals surface area contributed by atoms with Crippen molar-refractivity contribution >= 4 is 22.8 Å². The summed E-state index contributed by atoms with van der Waals surface area (Å²) in [5, 5.41) is 2.59. The fourth-order valence-electron chi connectivity index (χ4n) is 0.715. The first-order valence-electron chi connectivity index (χ1n) is 3.46. The maximum absolute atomic E-state index is 11.0. The average molecular weight is 175 g/mol. The fraction of sp³-hybridized carbons (Fsp3) is 0.714. The van der Waals surface area contributed by atoms with Gasteiger partial charge in [-0.2, -0.15) is 0 Å². The van der Waals surface area contributed by atoms with Gasteiger partial charge in [0.05, 0.1) is 6.04 Å². The summed E-state index contributed by atoms with van der Waals surface area (Å²) in [6.07, 6.45) is 2.37. The Kier molecular flexibility index (Phi) is 4.94. The standard InChI is InChI=1S/C7H13NO2S/c1-4-6(7(10)11-3)8-5(2)9/h6H,4H2,1-3H3,(H,8,9). The van der Waals surface area contributed by atoms with Crippen molar-refractivity contribution in [2.24, 2.45) is 0 Å². The Hall–Kier alpha value is -0.510. The highest BCUT2D eigenvalue weighted by molar-refractivity contribution is 8.13. The number of hydrogen-bond acceptors (Lipinski definition) is 3. The van der Waals surface area contributed by atoms with Crippen LogP contribution < -0.4 is 5.32 Å². The molecule has 11 heavy (non-hydrogen) atoms. The molecule has 0 rings (SSSR count). The van der Waals surface area contributed by atoms with Crippen LogP contribution in [0.15, 0.2) is 0 Å². The number of carbonyl (C=O) groups is 2. The zero-order valence-electron chi connectivity index (χ0n) is 7.01. The lowest BCUT2D eigenvalue weighted by Gasteiger charge is -2.11. The summed E-state index contributed by atoms with van der Waals surface area (Å²) >= 11 is 1.15. The molecule has 0 aliphatic carbocycles. The second-order valence-electron chi connectivity index (χ2n) is 2.18. The summed E-state index contributed by atoms with van der Waals surface area (Å²) in [6.45, 7) is 3.28. The highest BCUT2D eigenvalue weighted by Gasteiger charge is 2.15. The Bertz CT molecular complexity index is 159. The number of thioether (sulfide) groups is 1. The molecule has 0 saturated carbocycles. The predicted octanol–water partition coefficient (Wildman–Crippen LogP) is 0.791. The van der Waals surface area contributed by atoms with Crippen LogP contribution in [0.5, 0.6) is 0 Å². The van der Waals surface area contributed by atoms with E-state index < -0.39 is 0 Å². The van der Waals surface area contributed by atoms with Gasteiger partial charge in [0.2, 0.25) is 11.0 Å². The van der Waals surface area contributed by atoms with E-state index in [9.17, 15) is 9.59 Å². The zero-order chi connectivity index (χ0) is 8.85. The highest BCUT2D eigenvalue weighted by atomic mass is 32.2. The quantitative estimate of drug-likeness (QED) is 0.690. The van der Waals surface area contributed by atoms with E-state index in [1.54, 1.807) is 6.26 Å². The van der Waals surface area contributed by atoms with E-state index in [0.717, 1.165) is 11.8 Å². The molecule has 1 unspecified atom stereocenters. The van der Waals surface area contributed by atoms with Crippen molar-refractivity contribution in [3.8, 4) is 0 Å². The van der Waals surface area contributed by atoms with Crippen LogP contribution in [-0.4, -0.2) is 23.3 Å². The molecule has 0 spiro atoms.